The number of ether oxygens (including phenoxy) is 2. The quantitative estimate of drug-likeness (QED) is 0.346. The number of hydrogen-bond donors (Lipinski definition) is 4. The molecule has 0 bridgehead atoms. The summed E-state index contributed by atoms with van der Waals surface area (Å²) < 4.78 is 8.99. The Morgan fingerprint density at radius 2 is 1.71 bits per heavy atom. The zero-order chi connectivity index (χ0) is 10.9. The first kappa shape index (κ1) is 11.3. The number of carbonyl (C=O) groups excluding carboxylic acids is 1. The molecule has 0 radical (unpaired) electrons. The first-order valence-corrected chi connectivity index (χ1v) is 3.98. The molecule has 0 aliphatic carbocycles. The maximum absolute atomic E-state index is 10.5. The van der Waals surface area contributed by atoms with Crippen LogP contribution in [-0.4, -0.2) is 57.3 Å². The highest BCUT2D eigenvalue weighted by molar-refractivity contribution is 5.66. The van der Waals surface area contributed by atoms with Crippen LogP contribution in [0.4, 0.5) is 0 Å². The van der Waals surface area contributed by atoms with E-state index in [1.54, 1.807) is 0 Å². The minimum absolute atomic E-state index is 0.732. The summed E-state index contributed by atoms with van der Waals surface area (Å²) >= 11 is 0. The van der Waals surface area contributed by atoms with E-state index in [-0.39, 0.29) is 0 Å². The molecule has 0 spiro atoms. The fourth-order valence-electron chi connectivity index (χ4n) is 1.09. The monoisotopic (exact) mass is 208 g/mol. The Balaban J connectivity index is 2.65. The molecule has 82 valence electrons. The van der Waals surface area contributed by atoms with Crippen LogP contribution in [0.3, 0.4) is 0 Å². The second-order valence-corrected chi connectivity index (χ2v) is 2.98. The zero-order valence-electron chi connectivity index (χ0n) is 7.40. The Hall–Kier alpha value is -0.730. The van der Waals surface area contributed by atoms with Gasteiger partial charge >= 0.3 is 5.97 Å². The highest BCUT2D eigenvalue weighted by atomic mass is 16.8. The molecule has 7 heteroatoms. The molecule has 0 aromatic carbocycles. The largest absolute Gasteiger partial charge is 0.433 e. The van der Waals surface area contributed by atoms with Gasteiger partial charge in [-0.25, -0.2) is 0 Å². The molecule has 1 rings (SSSR count). The van der Waals surface area contributed by atoms with Crippen LogP contribution in [0, 0.1) is 0 Å². The van der Waals surface area contributed by atoms with Gasteiger partial charge in [0.2, 0.25) is 6.29 Å². The number of hydrogen-bond acceptors (Lipinski definition) is 7. The maximum Gasteiger partial charge on any atom is 0.305 e. The van der Waals surface area contributed by atoms with Crippen molar-refractivity contribution in [3.63, 3.8) is 0 Å². The molecule has 0 amide bonds. The Morgan fingerprint density at radius 3 is 2.21 bits per heavy atom. The predicted octanol–water partition coefficient (Wildman–Crippen LogP) is -2.69. The lowest BCUT2D eigenvalue weighted by atomic mass is 10.0. The van der Waals surface area contributed by atoms with Crippen LogP contribution in [0.2, 0.25) is 0 Å². The third kappa shape index (κ3) is 2.20. The Bertz CT molecular complexity index is 218. The molecule has 14 heavy (non-hydrogen) atoms. The Morgan fingerprint density at radius 1 is 1.14 bits per heavy atom. The van der Waals surface area contributed by atoms with Gasteiger partial charge in [0.05, 0.1) is 0 Å². The third-order valence-corrected chi connectivity index (χ3v) is 1.83. The summed E-state index contributed by atoms with van der Waals surface area (Å²) in [5.74, 6) is -0.732. The summed E-state index contributed by atoms with van der Waals surface area (Å²) in [5.41, 5.74) is 0. The van der Waals surface area contributed by atoms with E-state index in [9.17, 15) is 9.90 Å². The van der Waals surface area contributed by atoms with Crippen molar-refractivity contribution in [1.82, 2.24) is 0 Å². The number of aliphatic hydroxyl groups is 4. The van der Waals surface area contributed by atoms with Gasteiger partial charge in [-0.2, -0.15) is 0 Å². The molecule has 4 unspecified atom stereocenters. The van der Waals surface area contributed by atoms with Gasteiger partial charge in [-0.3, -0.25) is 4.79 Å². The number of esters is 1. The van der Waals surface area contributed by atoms with Crippen LogP contribution < -0.4 is 0 Å². The van der Waals surface area contributed by atoms with Gasteiger partial charge in [0.1, 0.15) is 18.3 Å². The molecule has 0 saturated carbocycles. The van der Waals surface area contributed by atoms with Crippen molar-refractivity contribution in [2.75, 3.05) is 0 Å². The minimum atomic E-state index is -1.70. The van der Waals surface area contributed by atoms with E-state index in [4.69, 9.17) is 15.3 Å². The van der Waals surface area contributed by atoms with Crippen LogP contribution in [0.25, 0.3) is 0 Å². The van der Waals surface area contributed by atoms with Crippen LogP contribution in [0.1, 0.15) is 6.92 Å². The van der Waals surface area contributed by atoms with Crippen molar-refractivity contribution < 1.29 is 34.7 Å². The van der Waals surface area contributed by atoms with Gasteiger partial charge < -0.3 is 29.9 Å². The number of aliphatic hydroxyl groups excluding tert-OH is 4. The van der Waals surface area contributed by atoms with Gasteiger partial charge in [-0.05, 0) is 0 Å². The van der Waals surface area contributed by atoms with Crippen molar-refractivity contribution in [2.24, 2.45) is 0 Å². The number of carbonyl (C=O) groups is 1. The maximum atomic E-state index is 10.5. The van der Waals surface area contributed by atoms with Crippen molar-refractivity contribution in [2.45, 2.75) is 37.8 Å². The van der Waals surface area contributed by atoms with Gasteiger partial charge in [-0.1, -0.05) is 0 Å². The molecule has 0 aromatic heterocycles. The van der Waals surface area contributed by atoms with Crippen molar-refractivity contribution in [3.8, 4) is 0 Å². The normalized spacial score (nSPS) is 43.4. The average molecular weight is 208 g/mol. The van der Waals surface area contributed by atoms with Crippen molar-refractivity contribution in [1.29, 1.82) is 0 Å². The van der Waals surface area contributed by atoms with E-state index in [1.165, 1.54) is 0 Å². The summed E-state index contributed by atoms with van der Waals surface area (Å²) in [6.45, 7) is 1.08. The highest BCUT2D eigenvalue weighted by Crippen LogP contribution is 2.20. The molecule has 4 N–H and O–H groups in total. The first-order chi connectivity index (χ1) is 6.43. The van der Waals surface area contributed by atoms with E-state index >= 15 is 0 Å². The molecule has 1 aliphatic rings. The Labute approximate surface area is 79.5 Å². The van der Waals surface area contributed by atoms with Gasteiger partial charge in [0.15, 0.2) is 6.29 Å². The molecule has 5 atom stereocenters. The van der Waals surface area contributed by atoms with E-state index in [1.807, 2.05) is 0 Å². The van der Waals surface area contributed by atoms with Crippen molar-refractivity contribution in [3.05, 3.63) is 0 Å². The fourth-order valence-corrected chi connectivity index (χ4v) is 1.09. The van der Waals surface area contributed by atoms with E-state index in [2.05, 4.69) is 9.47 Å². The fraction of sp³-hybridized carbons (Fsp3) is 0.857. The van der Waals surface area contributed by atoms with Crippen LogP contribution in [0.5, 0.6) is 0 Å². The van der Waals surface area contributed by atoms with E-state index in [0.29, 0.717) is 0 Å². The molecule has 0 aromatic rings. The second kappa shape index (κ2) is 4.20. The van der Waals surface area contributed by atoms with Crippen LogP contribution >= 0.6 is 0 Å². The lowest BCUT2D eigenvalue weighted by Crippen LogP contribution is -2.58. The van der Waals surface area contributed by atoms with Crippen LogP contribution in [-0.2, 0) is 14.3 Å². The summed E-state index contributed by atoms with van der Waals surface area (Å²) in [4.78, 5) is 10.5. The standard InChI is InChI=1S/C7H12O7/c1-2(8)13-7-5(11)3(9)4(10)6(12)14-7/h3-7,9-12H,1H3/t3?,4?,5-,6?,7?/m0/s1. The van der Waals surface area contributed by atoms with Gasteiger partial charge in [-0.15, -0.1) is 0 Å². The topological polar surface area (TPSA) is 116 Å². The molecule has 1 heterocycles. The highest BCUT2D eigenvalue weighted by Gasteiger charge is 2.44. The van der Waals surface area contributed by atoms with Crippen molar-refractivity contribution >= 4 is 5.97 Å². The van der Waals surface area contributed by atoms with Gasteiger partial charge in [0, 0.05) is 6.92 Å². The molecule has 1 aliphatic heterocycles. The number of rotatable bonds is 1. The summed E-state index contributed by atoms with van der Waals surface area (Å²) in [6, 6.07) is 0. The summed E-state index contributed by atoms with van der Waals surface area (Å²) in [7, 11) is 0. The lowest BCUT2D eigenvalue weighted by molar-refractivity contribution is -0.331. The van der Waals surface area contributed by atoms with E-state index < -0.39 is 36.9 Å². The lowest BCUT2D eigenvalue weighted by Gasteiger charge is -2.37. The van der Waals surface area contributed by atoms with E-state index in [0.717, 1.165) is 6.92 Å². The predicted molar refractivity (Wildman–Crippen MR) is 40.7 cm³/mol. The zero-order valence-corrected chi connectivity index (χ0v) is 7.40. The van der Waals surface area contributed by atoms with Crippen LogP contribution in [0.15, 0.2) is 0 Å². The first-order valence-electron chi connectivity index (χ1n) is 3.98. The second-order valence-electron chi connectivity index (χ2n) is 2.98. The summed E-state index contributed by atoms with van der Waals surface area (Å²) in [5, 5.41) is 36.5. The molecular weight excluding hydrogens is 196 g/mol. The van der Waals surface area contributed by atoms with Gasteiger partial charge in [0.25, 0.3) is 0 Å². The molecule has 1 saturated heterocycles. The SMILES string of the molecule is CC(=O)OC1OC(O)C(O)C(O)[C@@H]1O. The molecular formula is C7H12O7. The smallest absolute Gasteiger partial charge is 0.305 e. The minimum Gasteiger partial charge on any atom is -0.433 e. The Kier molecular flexibility index (Phi) is 3.40. The molecule has 7 nitrogen and oxygen atoms in total. The third-order valence-electron chi connectivity index (χ3n) is 1.83. The average Bonchev–Trinajstić information content (AvgIpc) is 2.10. The summed E-state index contributed by atoms with van der Waals surface area (Å²) in [6.07, 6.45) is -8.00. The molecule has 1 fully saturated rings.